The van der Waals surface area contributed by atoms with Gasteiger partial charge in [-0.1, -0.05) is 13.8 Å². The molecule has 1 amide bonds. The summed E-state index contributed by atoms with van der Waals surface area (Å²) in [6, 6.07) is 7.85. The first-order chi connectivity index (χ1) is 10.0. The van der Waals surface area contributed by atoms with Gasteiger partial charge >= 0.3 is 0 Å². The van der Waals surface area contributed by atoms with Crippen LogP contribution in [0.3, 0.4) is 0 Å². The van der Waals surface area contributed by atoms with E-state index in [1.165, 1.54) is 0 Å². The third-order valence-electron chi connectivity index (χ3n) is 3.70. The number of thioether (sulfide) groups is 1. The van der Waals surface area contributed by atoms with Gasteiger partial charge in [-0.25, -0.2) is 0 Å². The zero-order chi connectivity index (χ0) is 15.7. The zero-order valence-electron chi connectivity index (χ0n) is 13.6. The fourth-order valence-corrected chi connectivity index (χ4v) is 2.65. The van der Waals surface area contributed by atoms with Gasteiger partial charge in [0.2, 0.25) is 5.91 Å². The lowest BCUT2D eigenvalue weighted by Gasteiger charge is -2.26. The maximum absolute atomic E-state index is 11.8. The van der Waals surface area contributed by atoms with E-state index in [0.717, 1.165) is 29.2 Å². The van der Waals surface area contributed by atoms with E-state index in [4.69, 9.17) is 10.5 Å². The maximum Gasteiger partial charge on any atom is 0.220 e. The Labute approximate surface area is 144 Å². The Balaban J connectivity index is 0.00000441. The van der Waals surface area contributed by atoms with Crippen LogP contribution in [0.2, 0.25) is 0 Å². The molecule has 0 bridgehead atoms. The molecule has 0 saturated heterocycles. The Bertz CT molecular complexity index is 436. The molecule has 126 valence electrons. The topological polar surface area (TPSA) is 64.3 Å². The highest BCUT2D eigenvalue weighted by atomic mass is 35.5. The summed E-state index contributed by atoms with van der Waals surface area (Å²) in [6.45, 7) is 4.65. The van der Waals surface area contributed by atoms with Crippen molar-refractivity contribution in [2.75, 3.05) is 19.4 Å². The lowest BCUT2D eigenvalue weighted by molar-refractivity contribution is -0.120. The molecule has 3 N–H and O–H groups in total. The number of nitrogens with one attached hydrogen (secondary N) is 1. The number of rotatable bonds is 9. The van der Waals surface area contributed by atoms with E-state index in [9.17, 15) is 4.79 Å². The largest absolute Gasteiger partial charge is 0.497 e. The van der Waals surface area contributed by atoms with Gasteiger partial charge < -0.3 is 15.8 Å². The second-order valence-electron chi connectivity index (χ2n) is 5.12. The molecule has 0 unspecified atom stereocenters. The van der Waals surface area contributed by atoms with Gasteiger partial charge in [-0.3, -0.25) is 4.79 Å². The van der Waals surface area contributed by atoms with Gasteiger partial charge in [0.05, 0.1) is 7.11 Å². The number of amides is 1. The molecule has 0 aliphatic carbocycles. The van der Waals surface area contributed by atoms with E-state index in [1.54, 1.807) is 18.9 Å². The van der Waals surface area contributed by atoms with Gasteiger partial charge in [0.25, 0.3) is 0 Å². The molecular formula is C16H27ClN2O2S. The maximum atomic E-state index is 11.8. The lowest BCUT2D eigenvalue weighted by atomic mass is 9.94. The van der Waals surface area contributed by atoms with Crippen molar-refractivity contribution in [3.63, 3.8) is 0 Å². The highest BCUT2D eigenvalue weighted by Gasteiger charge is 2.20. The number of carbonyl (C=O) groups is 1. The molecule has 6 heteroatoms. The summed E-state index contributed by atoms with van der Waals surface area (Å²) in [7, 11) is 1.65. The highest BCUT2D eigenvalue weighted by Crippen LogP contribution is 2.21. The molecule has 1 rings (SSSR count). The van der Waals surface area contributed by atoms with E-state index < -0.39 is 0 Å². The summed E-state index contributed by atoms with van der Waals surface area (Å²) in [5, 5.41) is 2.93. The first kappa shape index (κ1) is 21.1. The van der Waals surface area contributed by atoms with Crippen LogP contribution in [0.1, 0.15) is 33.1 Å². The molecule has 1 aromatic carbocycles. The van der Waals surface area contributed by atoms with Gasteiger partial charge in [-0.15, -0.1) is 24.2 Å². The van der Waals surface area contributed by atoms with Gasteiger partial charge in [0.1, 0.15) is 5.75 Å². The smallest absolute Gasteiger partial charge is 0.220 e. The first-order valence-electron chi connectivity index (χ1n) is 7.35. The second kappa shape index (κ2) is 10.8. The molecule has 0 aliphatic heterocycles. The molecule has 1 aromatic rings. The van der Waals surface area contributed by atoms with Crippen LogP contribution in [0.4, 0.5) is 0 Å². The molecule has 0 spiro atoms. The monoisotopic (exact) mass is 346 g/mol. The Hall–Kier alpha value is -0.910. The average Bonchev–Trinajstić information content (AvgIpc) is 2.53. The minimum atomic E-state index is -0.279. The number of ether oxygens (including phenoxy) is 1. The number of nitrogens with two attached hydrogens (primary N) is 1. The third kappa shape index (κ3) is 7.38. The van der Waals surface area contributed by atoms with Crippen molar-refractivity contribution in [3.05, 3.63) is 24.3 Å². The van der Waals surface area contributed by atoms with E-state index in [2.05, 4.69) is 19.2 Å². The van der Waals surface area contributed by atoms with E-state index in [0.29, 0.717) is 13.0 Å². The molecule has 0 aromatic heterocycles. The summed E-state index contributed by atoms with van der Waals surface area (Å²) in [4.78, 5) is 13.0. The Morgan fingerprint density at radius 3 is 2.36 bits per heavy atom. The van der Waals surface area contributed by atoms with Crippen molar-refractivity contribution < 1.29 is 9.53 Å². The van der Waals surface area contributed by atoms with Crippen molar-refractivity contribution in [3.8, 4) is 5.75 Å². The molecule has 0 atom stereocenters. The fourth-order valence-electron chi connectivity index (χ4n) is 1.80. The Morgan fingerprint density at radius 2 is 1.86 bits per heavy atom. The van der Waals surface area contributed by atoms with Gasteiger partial charge in [0.15, 0.2) is 0 Å². The molecule has 0 aliphatic rings. The third-order valence-corrected chi connectivity index (χ3v) is 4.72. The summed E-state index contributed by atoms with van der Waals surface area (Å²) in [5.74, 6) is 1.66. The normalized spacial score (nSPS) is 10.7. The minimum Gasteiger partial charge on any atom is -0.497 e. The van der Waals surface area contributed by atoms with Crippen molar-refractivity contribution >= 4 is 30.1 Å². The molecule has 22 heavy (non-hydrogen) atoms. The van der Waals surface area contributed by atoms with Crippen LogP contribution in [0.25, 0.3) is 0 Å². The van der Waals surface area contributed by atoms with Gasteiger partial charge in [-0.05, 0) is 37.1 Å². The van der Waals surface area contributed by atoms with Crippen molar-refractivity contribution in [1.82, 2.24) is 5.32 Å². The lowest BCUT2D eigenvalue weighted by Crippen LogP contribution is -2.49. The van der Waals surface area contributed by atoms with Crippen LogP contribution in [0, 0.1) is 0 Å². The quantitative estimate of drug-likeness (QED) is 0.674. The summed E-state index contributed by atoms with van der Waals surface area (Å²) in [5.41, 5.74) is 5.88. The molecule has 0 radical (unpaired) electrons. The Morgan fingerprint density at radius 1 is 1.27 bits per heavy atom. The van der Waals surface area contributed by atoms with Crippen LogP contribution in [0.15, 0.2) is 29.2 Å². The number of halogens is 1. The van der Waals surface area contributed by atoms with E-state index in [-0.39, 0.29) is 23.9 Å². The SMILES string of the molecule is CCC(N)(CC)CNC(=O)CCSc1ccc(OC)cc1.Cl. The number of carbonyl (C=O) groups excluding carboxylic acids is 1. The average molecular weight is 347 g/mol. The number of hydrogen-bond donors (Lipinski definition) is 2. The summed E-state index contributed by atoms with van der Waals surface area (Å²) >= 11 is 1.67. The second-order valence-corrected chi connectivity index (χ2v) is 6.29. The van der Waals surface area contributed by atoms with E-state index in [1.807, 2.05) is 24.3 Å². The van der Waals surface area contributed by atoms with Crippen LogP contribution in [-0.4, -0.2) is 30.9 Å². The Kier molecular flexibility index (Phi) is 10.3. The minimum absolute atomic E-state index is 0. The van der Waals surface area contributed by atoms with Crippen LogP contribution < -0.4 is 15.8 Å². The van der Waals surface area contributed by atoms with Crippen molar-refractivity contribution in [2.45, 2.75) is 43.5 Å². The zero-order valence-corrected chi connectivity index (χ0v) is 15.2. The van der Waals surface area contributed by atoms with Crippen LogP contribution >= 0.6 is 24.2 Å². The number of hydrogen-bond acceptors (Lipinski definition) is 4. The first-order valence-corrected chi connectivity index (χ1v) is 8.34. The van der Waals surface area contributed by atoms with Crippen molar-refractivity contribution in [2.24, 2.45) is 5.73 Å². The predicted octanol–water partition coefficient (Wildman–Crippen LogP) is 3.23. The fraction of sp³-hybridized carbons (Fsp3) is 0.562. The summed E-state index contributed by atoms with van der Waals surface area (Å²) < 4.78 is 5.11. The molecule has 4 nitrogen and oxygen atoms in total. The standard InChI is InChI=1S/C16H26N2O2S.ClH/c1-4-16(17,5-2)12-18-15(19)10-11-21-14-8-6-13(20-3)7-9-14;/h6-9H,4-5,10-12,17H2,1-3H3,(H,18,19);1H. The predicted molar refractivity (Wildman–Crippen MR) is 96.1 cm³/mol. The molecule has 0 heterocycles. The van der Waals surface area contributed by atoms with Gasteiger partial charge in [-0.2, -0.15) is 0 Å². The highest BCUT2D eigenvalue weighted by molar-refractivity contribution is 7.99. The molecule has 0 saturated carbocycles. The summed E-state index contributed by atoms with van der Waals surface area (Å²) in [6.07, 6.45) is 2.23. The molecular weight excluding hydrogens is 320 g/mol. The number of methoxy groups -OCH3 is 1. The van der Waals surface area contributed by atoms with Crippen molar-refractivity contribution in [1.29, 1.82) is 0 Å². The number of benzene rings is 1. The van der Waals surface area contributed by atoms with E-state index >= 15 is 0 Å². The van der Waals surface area contributed by atoms with Gasteiger partial charge in [0, 0.05) is 29.2 Å². The van der Waals surface area contributed by atoms with Crippen LogP contribution in [0.5, 0.6) is 5.75 Å². The molecule has 0 fully saturated rings. The van der Waals surface area contributed by atoms with Crippen LogP contribution in [-0.2, 0) is 4.79 Å².